The minimum atomic E-state index is -0.196. The Morgan fingerprint density at radius 3 is 2.58 bits per heavy atom. The Hall–Kier alpha value is -1.87. The lowest BCUT2D eigenvalue weighted by Crippen LogP contribution is -2.24. The third-order valence-electron chi connectivity index (χ3n) is 2.82. The second kappa shape index (κ2) is 5.85. The van der Waals surface area contributed by atoms with Crippen molar-refractivity contribution in [3.05, 3.63) is 63.9 Å². The van der Waals surface area contributed by atoms with Gasteiger partial charge in [-0.05, 0) is 31.0 Å². The zero-order valence-electron chi connectivity index (χ0n) is 10.9. The van der Waals surface area contributed by atoms with Crippen LogP contribution in [0.5, 0.6) is 0 Å². The fraction of sp³-hybridized carbons (Fsp3) is 0.200. The Kier molecular flexibility index (Phi) is 4.17. The quantitative estimate of drug-likeness (QED) is 0.873. The van der Waals surface area contributed by atoms with Gasteiger partial charge in [-0.2, -0.15) is 0 Å². The van der Waals surface area contributed by atoms with Gasteiger partial charge in [0.15, 0.2) is 0 Å². The van der Waals surface area contributed by atoms with E-state index in [1.165, 1.54) is 0 Å². The van der Waals surface area contributed by atoms with Crippen molar-refractivity contribution in [3.8, 4) is 0 Å². The molecule has 19 heavy (non-hydrogen) atoms. The van der Waals surface area contributed by atoms with E-state index in [1.54, 1.807) is 0 Å². The predicted molar refractivity (Wildman–Crippen MR) is 76.3 cm³/mol. The first-order valence-corrected chi connectivity index (χ1v) is 6.41. The number of nitrogens with one attached hydrogen (secondary N) is 1. The lowest BCUT2D eigenvalue weighted by molar-refractivity contribution is 0.0950. The van der Waals surface area contributed by atoms with Gasteiger partial charge in [0, 0.05) is 12.2 Å². The summed E-state index contributed by atoms with van der Waals surface area (Å²) in [5.74, 6) is -0.196. The number of aromatic nitrogens is 1. The monoisotopic (exact) mass is 274 g/mol. The summed E-state index contributed by atoms with van der Waals surface area (Å²) in [6.07, 6.45) is 0. The number of halogens is 1. The molecule has 0 spiro atoms. The van der Waals surface area contributed by atoms with Gasteiger partial charge in [0.25, 0.3) is 5.91 Å². The molecule has 0 aliphatic rings. The van der Waals surface area contributed by atoms with Crippen LogP contribution in [0, 0.1) is 13.8 Å². The average molecular weight is 275 g/mol. The Morgan fingerprint density at radius 2 is 1.95 bits per heavy atom. The third kappa shape index (κ3) is 3.32. The van der Waals surface area contributed by atoms with E-state index >= 15 is 0 Å². The molecule has 3 nitrogen and oxygen atoms in total. The molecule has 98 valence electrons. The fourth-order valence-corrected chi connectivity index (χ4v) is 2.30. The summed E-state index contributed by atoms with van der Waals surface area (Å²) in [6.45, 7) is 4.19. The van der Waals surface area contributed by atoms with Gasteiger partial charge in [-0.25, -0.2) is 4.98 Å². The number of hydrogen-bond acceptors (Lipinski definition) is 2. The van der Waals surface area contributed by atoms with Gasteiger partial charge < -0.3 is 5.32 Å². The van der Waals surface area contributed by atoms with E-state index in [1.807, 2.05) is 50.2 Å². The zero-order valence-corrected chi connectivity index (χ0v) is 11.7. The molecule has 0 atom stereocenters. The number of rotatable bonds is 3. The van der Waals surface area contributed by atoms with Crippen LogP contribution in [0.2, 0.25) is 5.15 Å². The highest BCUT2D eigenvalue weighted by atomic mass is 35.5. The number of aryl methyl sites for hydroxylation is 2. The summed E-state index contributed by atoms with van der Waals surface area (Å²) < 4.78 is 0. The van der Waals surface area contributed by atoms with Crippen LogP contribution in [-0.2, 0) is 6.54 Å². The molecule has 0 aliphatic carbocycles. The van der Waals surface area contributed by atoms with Crippen molar-refractivity contribution >= 4 is 17.5 Å². The van der Waals surface area contributed by atoms with Crippen molar-refractivity contribution in [1.82, 2.24) is 10.3 Å². The van der Waals surface area contributed by atoms with E-state index in [0.717, 1.165) is 16.8 Å². The zero-order chi connectivity index (χ0) is 13.8. The second-order valence-corrected chi connectivity index (χ2v) is 4.77. The number of carbonyl (C=O) groups excluding carboxylic acids is 1. The number of hydrogen-bond donors (Lipinski definition) is 1. The first-order valence-electron chi connectivity index (χ1n) is 6.04. The SMILES string of the molecule is Cc1cc(C)c(C(=O)NCc2ccccc2)c(Cl)n1. The molecule has 1 amide bonds. The maximum absolute atomic E-state index is 12.1. The van der Waals surface area contributed by atoms with Crippen LogP contribution < -0.4 is 5.32 Å². The van der Waals surface area contributed by atoms with Gasteiger partial charge in [0.1, 0.15) is 5.15 Å². The lowest BCUT2D eigenvalue weighted by Gasteiger charge is -2.10. The molecule has 1 N–H and O–H groups in total. The van der Waals surface area contributed by atoms with Crippen LogP contribution in [0.3, 0.4) is 0 Å². The van der Waals surface area contributed by atoms with Gasteiger partial charge in [-0.1, -0.05) is 41.9 Å². The lowest BCUT2D eigenvalue weighted by atomic mass is 10.1. The van der Waals surface area contributed by atoms with Gasteiger partial charge in [-0.15, -0.1) is 0 Å². The summed E-state index contributed by atoms with van der Waals surface area (Å²) >= 11 is 6.04. The van der Waals surface area contributed by atoms with E-state index in [4.69, 9.17) is 11.6 Å². The summed E-state index contributed by atoms with van der Waals surface area (Å²) in [5, 5.41) is 3.11. The van der Waals surface area contributed by atoms with Crippen molar-refractivity contribution in [3.63, 3.8) is 0 Å². The molecular weight excluding hydrogens is 260 g/mol. The van der Waals surface area contributed by atoms with E-state index in [2.05, 4.69) is 10.3 Å². The highest BCUT2D eigenvalue weighted by Gasteiger charge is 2.14. The van der Waals surface area contributed by atoms with Crippen molar-refractivity contribution < 1.29 is 4.79 Å². The first-order chi connectivity index (χ1) is 9.08. The van der Waals surface area contributed by atoms with Crippen LogP contribution >= 0.6 is 11.6 Å². The predicted octanol–water partition coefficient (Wildman–Crippen LogP) is 3.28. The van der Waals surface area contributed by atoms with Gasteiger partial charge in [-0.3, -0.25) is 4.79 Å². The third-order valence-corrected chi connectivity index (χ3v) is 3.10. The molecule has 0 bridgehead atoms. The Bertz CT molecular complexity index is 573. The topological polar surface area (TPSA) is 42.0 Å². The molecule has 1 heterocycles. The molecule has 0 radical (unpaired) electrons. The average Bonchev–Trinajstić information content (AvgIpc) is 2.36. The Labute approximate surface area is 117 Å². The molecule has 0 unspecified atom stereocenters. The maximum atomic E-state index is 12.1. The highest BCUT2D eigenvalue weighted by molar-refractivity contribution is 6.32. The minimum absolute atomic E-state index is 0.196. The summed E-state index contributed by atoms with van der Waals surface area (Å²) in [4.78, 5) is 16.3. The van der Waals surface area contributed by atoms with E-state index in [9.17, 15) is 4.79 Å². The summed E-state index contributed by atoms with van der Waals surface area (Å²) in [6, 6.07) is 11.6. The van der Waals surface area contributed by atoms with Crippen molar-refractivity contribution in [1.29, 1.82) is 0 Å². The van der Waals surface area contributed by atoms with Crippen molar-refractivity contribution in [2.45, 2.75) is 20.4 Å². The highest BCUT2D eigenvalue weighted by Crippen LogP contribution is 2.18. The van der Waals surface area contributed by atoms with Crippen molar-refractivity contribution in [2.75, 3.05) is 0 Å². The Balaban J connectivity index is 2.13. The number of amides is 1. The Morgan fingerprint density at radius 1 is 1.26 bits per heavy atom. The molecule has 1 aromatic heterocycles. The van der Waals surface area contributed by atoms with Crippen LogP contribution in [0.25, 0.3) is 0 Å². The van der Waals surface area contributed by atoms with Crippen LogP contribution in [-0.4, -0.2) is 10.9 Å². The maximum Gasteiger partial charge on any atom is 0.254 e. The van der Waals surface area contributed by atoms with Gasteiger partial charge in [0.05, 0.1) is 5.56 Å². The van der Waals surface area contributed by atoms with Crippen LogP contribution in [0.1, 0.15) is 27.2 Å². The molecule has 0 saturated carbocycles. The normalized spacial score (nSPS) is 10.3. The molecule has 2 rings (SSSR count). The molecule has 0 aliphatic heterocycles. The molecule has 4 heteroatoms. The first kappa shape index (κ1) is 13.6. The summed E-state index contributed by atoms with van der Waals surface area (Å²) in [7, 11) is 0. The van der Waals surface area contributed by atoms with Crippen molar-refractivity contribution in [2.24, 2.45) is 0 Å². The summed E-state index contributed by atoms with van der Waals surface area (Å²) in [5.41, 5.74) is 3.14. The second-order valence-electron chi connectivity index (χ2n) is 4.41. The van der Waals surface area contributed by atoms with E-state index in [0.29, 0.717) is 12.1 Å². The van der Waals surface area contributed by atoms with Gasteiger partial charge >= 0.3 is 0 Å². The largest absolute Gasteiger partial charge is 0.348 e. The number of nitrogens with zero attached hydrogens (tertiary/aromatic N) is 1. The standard InChI is InChI=1S/C15H15ClN2O/c1-10-8-11(2)18-14(16)13(10)15(19)17-9-12-6-4-3-5-7-12/h3-8H,9H2,1-2H3,(H,17,19). The van der Waals surface area contributed by atoms with E-state index < -0.39 is 0 Å². The smallest absolute Gasteiger partial charge is 0.254 e. The van der Waals surface area contributed by atoms with Crippen LogP contribution in [0.4, 0.5) is 0 Å². The van der Waals surface area contributed by atoms with E-state index in [-0.39, 0.29) is 11.1 Å². The molecular formula is C15H15ClN2O. The fourth-order valence-electron chi connectivity index (χ4n) is 1.93. The number of pyridine rings is 1. The number of benzene rings is 1. The molecule has 0 fully saturated rings. The van der Waals surface area contributed by atoms with Gasteiger partial charge in [0.2, 0.25) is 0 Å². The molecule has 0 saturated heterocycles. The number of carbonyl (C=O) groups is 1. The van der Waals surface area contributed by atoms with Crippen LogP contribution in [0.15, 0.2) is 36.4 Å². The molecule has 2 aromatic rings. The minimum Gasteiger partial charge on any atom is -0.348 e. The molecule has 1 aromatic carbocycles.